The second-order valence-corrected chi connectivity index (χ2v) is 10.6. The van der Waals surface area contributed by atoms with Crippen LogP contribution < -0.4 is 4.90 Å². The molecule has 0 aliphatic heterocycles. The molecule has 0 bridgehead atoms. The molecule has 1 heterocycles. The van der Waals surface area contributed by atoms with Gasteiger partial charge in [0.2, 0.25) is 5.91 Å². The quantitative estimate of drug-likeness (QED) is 0.569. The van der Waals surface area contributed by atoms with Gasteiger partial charge in [-0.15, -0.1) is 11.3 Å². The first-order chi connectivity index (χ1) is 15.3. The number of aliphatic hydroxyl groups excluding tert-OH is 1. The zero-order valence-electron chi connectivity index (χ0n) is 18.6. The molecule has 1 aromatic rings. The van der Waals surface area contributed by atoms with Crippen LogP contribution in [0.25, 0.3) is 5.57 Å². The maximum atomic E-state index is 13.9. The van der Waals surface area contributed by atoms with Gasteiger partial charge in [-0.3, -0.25) is 4.79 Å². The summed E-state index contributed by atoms with van der Waals surface area (Å²) in [4.78, 5) is 28.5. The Kier molecular flexibility index (Phi) is 7.15. The molecule has 0 atom stereocenters. The molecule has 3 aliphatic rings. The number of aromatic carboxylic acids is 1. The summed E-state index contributed by atoms with van der Waals surface area (Å²) in [5.41, 5.74) is 1.12. The Bertz CT molecular complexity index is 920. The number of aliphatic hydroxyl groups is 1. The van der Waals surface area contributed by atoms with E-state index in [0.29, 0.717) is 60.6 Å². The number of thiophene rings is 1. The van der Waals surface area contributed by atoms with Crippen LogP contribution in [0, 0.1) is 11.8 Å². The molecule has 7 heteroatoms. The number of allylic oxidation sites excluding steroid dienone is 4. The van der Waals surface area contributed by atoms with Crippen LogP contribution in [0.3, 0.4) is 0 Å². The molecule has 5 nitrogen and oxygen atoms in total. The molecule has 0 spiro atoms. The number of carboxylic acid groups (broad SMARTS) is 1. The number of anilines is 1. The maximum Gasteiger partial charge on any atom is 0.348 e. The zero-order valence-corrected chi connectivity index (χ0v) is 19.4. The maximum absolute atomic E-state index is 13.9. The predicted octanol–water partition coefficient (Wildman–Crippen LogP) is 5.94. The second-order valence-electron chi connectivity index (χ2n) is 9.55. The average molecular weight is 462 g/mol. The minimum Gasteiger partial charge on any atom is -0.477 e. The number of carbonyl (C=O) groups excluding carboxylic acids is 1. The van der Waals surface area contributed by atoms with Gasteiger partial charge < -0.3 is 15.1 Å². The van der Waals surface area contributed by atoms with Crippen molar-refractivity contribution in [2.75, 3.05) is 4.90 Å². The van der Waals surface area contributed by atoms with Crippen molar-refractivity contribution in [3.8, 4) is 0 Å². The minimum absolute atomic E-state index is 0.00415. The van der Waals surface area contributed by atoms with Crippen LogP contribution in [0.4, 0.5) is 10.1 Å². The number of nitrogens with zero attached hydrogens (tertiary/aromatic N) is 1. The van der Waals surface area contributed by atoms with Crippen LogP contribution in [0.1, 0.15) is 85.7 Å². The third kappa shape index (κ3) is 4.99. The summed E-state index contributed by atoms with van der Waals surface area (Å²) in [7, 11) is 0. The fourth-order valence-electron chi connectivity index (χ4n) is 5.21. The van der Waals surface area contributed by atoms with Gasteiger partial charge in [-0.1, -0.05) is 13.0 Å². The Morgan fingerprint density at radius 1 is 1.09 bits per heavy atom. The van der Waals surface area contributed by atoms with Gasteiger partial charge in [0, 0.05) is 23.3 Å². The van der Waals surface area contributed by atoms with Crippen molar-refractivity contribution < 1.29 is 24.2 Å². The van der Waals surface area contributed by atoms with Gasteiger partial charge in [0.1, 0.15) is 10.7 Å². The van der Waals surface area contributed by atoms with E-state index >= 15 is 0 Å². The molecule has 174 valence electrons. The van der Waals surface area contributed by atoms with Crippen LogP contribution in [0.2, 0.25) is 0 Å². The molecule has 0 aromatic carbocycles. The first-order valence-electron chi connectivity index (χ1n) is 11.8. The molecule has 2 saturated carbocycles. The molecule has 1 amide bonds. The van der Waals surface area contributed by atoms with Gasteiger partial charge in [-0.05, 0) is 81.4 Å². The lowest BCUT2D eigenvalue weighted by atomic mass is 9.81. The van der Waals surface area contributed by atoms with Gasteiger partial charge in [0.05, 0.1) is 11.8 Å². The van der Waals surface area contributed by atoms with Gasteiger partial charge in [0.15, 0.2) is 0 Å². The number of amides is 1. The van der Waals surface area contributed by atoms with Gasteiger partial charge in [-0.25, -0.2) is 9.18 Å². The highest BCUT2D eigenvalue weighted by Crippen LogP contribution is 2.41. The van der Waals surface area contributed by atoms with Crippen LogP contribution in [-0.2, 0) is 4.79 Å². The third-order valence-electron chi connectivity index (χ3n) is 7.14. The number of rotatable bonds is 5. The highest BCUT2D eigenvalue weighted by Gasteiger charge is 2.37. The van der Waals surface area contributed by atoms with Crippen molar-refractivity contribution >= 4 is 34.5 Å². The molecule has 0 saturated heterocycles. The van der Waals surface area contributed by atoms with Crippen molar-refractivity contribution in [1.82, 2.24) is 0 Å². The standard InChI is InChI=1S/C25H32FNO4S/c1-15-5-7-16(8-6-15)24(29)27(19-9-11-20(28)12-10-19)21-14-22(32-23(21)25(30)31)17-3-2-4-18(26)13-17/h3,13-16,19-20,28H,2,4-12H2,1H3,(H,30,31). The van der Waals surface area contributed by atoms with Crippen LogP contribution in [-0.4, -0.2) is 34.2 Å². The predicted molar refractivity (Wildman–Crippen MR) is 125 cm³/mol. The molecule has 4 rings (SSSR count). The monoisotopic (exact) mass is 461 g/mol. The fraction of sp³-hybridized carbons (Fsp3) is 0.600. The Balaban J connectivity index is 1.72. The lowest BCUT2D eigenvalue weighted by Crippen LogP contribution is -2.47. The molecule has 2 fully saturated rings. The van der Waals surface area contributed by atoms with E-state index in [0.717, 1.165) is 37.0 Å². The van der Waals surface area contributed by atoms with Crippen LogP contribution in [0.5, 0.6) is 0 Å². The first kappa shape index (κ1) is 23.2. The summed E-state index contributed by atoms with van der Waals surface area (Å²) in [6, 6.07) is 1.64. The van der Waals surface area contributed by atoms with Gasteiger partial charge >= 0.3 is 5.97 Å². The molecular formula is C25H32FNO4S. The van der Waals surface area contributed by atoms with E-state index in [1.165, 1.54) is 6.08 Å². The summed E-state index contributed by atoms with van der Waals surface area (Å²) in [6.45, 7) is 2.21. The molecule has 2 N–H and O–H groups in total. The highest BCUT2D eigenvalue weighted by atomic mass is 32.1. The molecule has 1 aromatic heterocycles. The second kappa shape index (κ2) is 9.87. The molecule has 3 aliphatic carbocycles. The Labute approximate surface area is 192 Å². The van der Waals surface area contributed by atoms with Crippen molar-refractivity contribution in [1.29, 1.82) is 0 Å². The Hall–Kier alpha value is -1.99. The molecule has 0 unspecified atom stereocenters. The van der Waals surface area contributed by atoms with E-state index in [-0.39, 0.29) is 34.7 Å². The number of carbonyl (C=O) groups is 2. The smallest absolute Gasteiger partial charge is 0.348 e. The van der Waals surface area contributed by atoms with Gasteiger partial charge in [0.25, 0.3) is 0 Å². The van der Waals surface area contributed by atoms with E-state index in [9.17, 15) is 24.2 Å². The molecule has 32 heavy (non-hydrogen) atoms. The third-order valence-corrected chi connectivity index (χ3v) is 8.31. The average Bonchev–Trinajstić information content (AvgIpc) is 3.21. The zero-order chi connectivity index (χ0) is 22.8. The number of hydrogen-bond acceptors (Lipinski definition) is 4. The van der Waals surface area contributed by atoms with Crippen molar-refractivity contribution in [2.24, 2.45) is 11.8 Å². The first-order valence-corrected chi connectivity index (χ1v) is 12.6. The summed E-state index contributed by atoms with van der Waals surface area (Å²) in [5.74, 6) is -0.763. The largest absolute Gasteiger partial charge is 0.477 e. The lowest BCUT2D eigenvalue weighted by molar-refractivity contribution is -0.124. The van der Waals surface area contributed by atoms with E-state index in [1.807, 2.05) is 6.08 Å². The highest BCUT2D eigenvalue weighted by molar-refractivity contribution is 7.15. The fourth-order valence-corrected chi connectivity index (χ4v) is 6.21. The Morgan fingerprint density at radius 3 is 2.41 bits per heavy atom. The summed E-state index contributed by atoms with van der Waals surface area (Å²) in [6.07, 6.45) is 10.1. The summed E-state index contributed by atoms with van der Waals surface area (Å²) < 4.78 is 13.9. The minimum atomic E-state index is -1.07. The number of halogens is 1. The van der Waals surface area contributed by atoms with E-state index in [4.69, 9.17) is 0 Å². The van der Waals surface area contributed by atoms with E-state index in [1.54, 1.807) is 11.0 Å². The Morgan fingerprint density at radius 2 is 1.78 bits per heavy atom. The molecule has 0 radical (unpaired) electrons. The van der Waals surface area contributed by atoms with Crippen molar-refractivity contribution in [2.45, 2.75) is 83.3 Å². The summed E-state index contributed by atoms with van der Waals surface area (Å²) in [5, 5.41) is 20.0. The van der Waals surface area contributed by atoms with Crippen LogP contribution >= 0.6 is 11.3 Å². The van der Waals surface area contributed by atoms with Crippen molar-refractivity contribution in [3.63, 3.8) is 0 Å². The number of carboxylic acids is 1. The summed E-state index contributed by atoms with van der Waals surface area (Å²) >= 11 is 1.11. The molecular weight excluding hydrogens is 429 g/mol. The van der Waals surface area contributed by atoms with Gasteiger partial charge in [-0.2, -0.15) is 0 Å². The van der Waals surface area contributed by atoms with Crippen LogP contribution in [0.15, 0.2) is 24.0 Å². The lowest BCUT2D eigenvalue weighted by Gasteiger charge is -2.38. The normalized spacial score (nSPS) is 28.6. The SMILES string of the molecule is CC1CCC(C(=O)N(c2cc(C3=CCCC(F)=C3)sc2C(=O)O)C2CCC(O)CC2)CC1. The number of hydrogen-bond donors (Lipinski definition) is 2. The topological polar surface area (TPSA) is 77.8 Å². The van der Waals surface area contributed by atoms with Crippen molar-refractivity contribution in [3.05, 3.63) is 33.8 Å². The van der Waals surface area contributed by atoms with E-state index < -0.39 is 5.97 Å². The van der Waals surface area contributed by atoms with E-state index in [2.05, 4.69) is 6.92 Å².